The van der Waals surface area contributed by atoms with Gasteiger partial charge in [0.2, 0.25) is 0 Å². The summed E-state index contributed by atoms with van der Waals surface area (Å²) in [4.78, 5) is 0. The molecule has 1 saturated heterocycles. The molecule has 0 amide bonds. The van der Waals surface area contributed by atoms with E-state index in [1.54, 1.807) is 0 Å². The molecule has 5 atom stereocenters. The number of benzene rings is 1. The summed E-state index contributed by atoms with van der Waals surface area (Å²) < 4.78 is 12.1. The van der Waals surface area contributed by atoms with E-state index in [0.29, 0.717) is 18.9 Å². The molecular weight excluding hydrogens is 344 g/mol. The van der Waals surface area contributed by atoms with Gasteiger partial charge in [-0.05, 0) is 35.0 Å². The normalized spacial score (nSPS) is 28.9. The molecule has 0 unspecified atom stereocenters. The second-order valence-electron chi connectivity index (χ2n) is 6.01. The van der Waals surface area contributed by atoms with Gasteiger partial charge in [-0.2, -0.15) is 4.68 Å². The Kier molecular flexibility index (Phi) is 5.79. The van der Waals surface area contributed by atoms with Crippen LogP contribution in [-0.2, 0) is 11.2 Å². The standard InChI is InChI=1S/C16H22N4O6/c1-2-25-10-5-3-9(4-6-10)7-12-17-18-19-20(12)16-15(24)14(23)13(22)11(8-21)26-16/h3-6,11,13-16,21-24H,2,7-8H2,1H3/t11-,13+,14+,15-,16-/m1/s1. The topological polar surface area (TPSA) is 143 Å². The average Bonchev–Trinajstić information content (AvgIpc) is 3.10. The summed E-state index contributed by atoms with van der Waals surface area (Å²) >= 11 is 0. The third kappa shape index (κ3) is 3.69. The Hall–Kier alpha value is -2.11. The first-order chi connectivity index (χ1) is 12.5. The van der Waals surface area contributed by atoms with Crippen molar-refractivity contribution in [2.75, 3.05) is 13.2 Å². The van der Waals surface area contributed by atoms with E-state index in [2.05, 4.69) is 15.5 Å². The van der Waals surface area contributed by atoms with E-state index in [1.807, 2.05) is 31.2 Å². The second-order valence-corrected chi connectivity index (χ2v) is 6.01. The molecule has 0 saturated carbocycles. The van der Waals surface area contributed by atoms with Crippen molar-refractivity contribution in [1.29, 1.82) is 0 Å². The zero-order chi connectivity index (χ0) is 18.7. The number of hydrogen-bond donors (Lipinski definition) is 4. The highest BCUT2D eigenvalue weighted by molar-refractivity contribution is 5.28. The van der Waals surface area contributed by atoms with Gasteiger partial charge in [0, 0.05) is 6.42 Å². The van der Waals surface area contributed by atoms with E-state index in [1.165, 1.54) is 4.68 Å². The van der Waals surface area contributed by atoms with Crippen LogP contribution in [0.15, 0.2) is 24.3 Å². The first-order valence-corrected chi connectivity index (χ1v) is 8.34. The van der Waals surface area contributed by atoms with Gasteiger partial charge in [-0.3, -0.25) is 0 Å². The summed E-state index contributed by atoms with van der Waals surface area (Å²) in [6.45, 7) is 1.97. The third-order valence-corrected chi connectivity index (χ3v) is 4.27. The summed E-state index contributed by atoms with van der Waals surface area (Å²) in [5, 5.41) is 50.7. The molecule has 0 aliphatic carbocycles. The van der Waals surface area contributed by atoms with Gasteiger partial charge in [-0.1, -0.05) is 12.1 Å². The smallest absolute Gasteiger partial charge is 0.182 e. The maximum absolute atomic E-state index is 10.2. The maximum atomic E-state index is 10.2. The number of aliphatic hydroxyl groups is 4. The van der Waals surface area contributed by atoms with Gasteiger partial charge in [-0.25, -0.2) is 0 Å². The highest BCUT2D eigenvalue weighted by Gasteiger charge is 2.45. The molecule has 10 heteroatoms. The number of ether oxygens (including phenoxy) is 2. The molecule has 1 aliphatic heterocycles. The number of nitrogens with zero attached hydrogens (tertiary/aromatic N) is 4. The summed E-state index contributed by atoms with van der Waals surface area (Å²) in [7, 11) is 0. The average molecular weight is 366 g/mol. The van der Waals surface area contributed by atoms with Crippen molar-refractivity contribution in [3.63, 3.8) is 0 Å². The van der Waals surface area contributed by atoms with E-state index in [-0.39, 0.29) is 0 Å². The first kappa shape index (κ1) is 18.7. The Morgan fingerprint density at radius 2 is 1.85 bits per heavy atom. The van der Waals surface area contributed by atoms with Crippen LogP contribution in [0.25, 0.3) is 0 Å². The third-order valence-electron chi connectivity index (χ3n) is 4.27. The molecule has 3 rings (SSSR count). The Morgan fingerprint density at radius 1 is 1.12 bits per heavy atom. The lowest BCUT2D eigenvalue weighted by Gasteiger charge is -2.39. The van der Waals surface area contributed by atoms with E-state index in [0.717, 1.165) is 11.3 Å². The molecule has 4 N–H and O–H groups in total. The number of aromatic nitrogens is 4. The van der Waals surface area contributed by atoms with Crippen molar-refractivity contribution in [2.24, 2.45) is 0 Å². The number of hydrogen-bond acceptors (Lipinski definition) is 9. The van der Waals surface area contributed by atoms with Crippen LogP contribution < -0.4 is 4.74 Å². The van der Waals surface area contributed by atoms with Crippen molar-refractivity contribution in [1.82, 2.24) is 20.2 Å². The second kappa shape index (κ2) is 8.06. The zero-order valence-corrected chi connectivity index (χ0v) is 14.2. The van der Waals surface area contributed by atoms with Crippen LogP contribution in [0.5, 0.6) is 5.75 Å². The molecule has 0 bridgehead atoms. The molecule has 10 nitrogen and oxygen atoms in total. The summed E-state index contributed by atoms with van der Waals surface area (Å²) in [5.74, 6) is 1.16. The Labute approximate surface area is 149 Å². The van der Waals surface area contributed by atoms with Gasteiger partial charge < -0.3 is 29.9 Å². The van der Waals surface area contributed by atoms with Crippen LogP contribution >= 0.6 is 0 Å². The fourth-order valence-electron chi connectivity index (χ4n) is 2.86. The monoisotopic (exact) mass is 366 g/mol. The lowest BCUT2D eigenvalue weighted by atomic mass is 9.98. The minimum atomic E-state index is -1.49. The minimum Gasteiger partial charge on any atom is -0.494 e. The first-order valence-electron chi connectivity index (χ1n) is 8.34. The fourth-order valence-corrected chi connectivity index (χ4v) is 2.86. The Balaban J connectivity index is 1.79. The quantitative estimate of drug-likeness (QED) is 0.487. The van der Waals surface area contributed by atoms with Crippen molar-refractivity contribution in [3.8, 4) is 5.75 Å². The Bertz CT molecular complexity index is 707. The van der Waals surface area contributed by atoms with E-state index >= 15 is 0 Å². The predicted octanol–water partition coefficient (Wildman–Crippen LogP) is -1.36. The van der Waals surface area contributed by atoms with Gasteiger partial charge in [0.25, 0.3) is 0 Å². The predicted molar refractivity (Wildman–Crippen MR) is 87.3 cm³/mol. The molecule has 2 heterocycles. The summed E-state index contributed by atoms with van der Waals surface area (Å²) in [5.41, 5.74) is 0.911. The lowest BCUT2D eigenvalue weighted by molar-refractivity contribution is -0.254. The Morgan fingerprint density at radius 3 is 2.50 bits per heavy atom. The van der Waals surface area contributed by atoms with Crippen LogP contribution in [0.4, 0.5) is 0 Å². The van der Waals surface area contributed by atoms with Crippen LogP contribution in [0.2, 0.25) is 0 Å². The molecule has 2 aromatic rings. The van der Waals surface area contributed by atoms with Gasteiger partial charge in [0.15, 0.2) is 12.1 Å². The SMILES string of the molecule is CCOc1ccc(Cc2nnnn2[C@@H]2O[C@H](CO)[C@H](O)[C@H](O)[C@H]2O)cc1. The van der Waals surface area contributed by atoms with Gasteiger partial charge in [-0.15, -0.1) is 5.10 Å². The molecular formula is C16H22N4O6. The van der Waals surface area contributed by atoms with E-state index in [9.17, 15) is 20.4 Å². The highest BCUT2D eigenvalue weighted by Crippen LogP contribution is 2.28. The molecule has 1 fully saturated rings. The highest BCUT2D eigenvalue weighted by atomic mass is 16.6. The maximum Gasteiger partial charge on any atom is 0.182 e. The number of tetrazole rings is 1. The van der Waals surface area contributed by atoms with Crippen molar-refractivity contribution in [3.05, 3.63) is 35.7 Å². The van der Waals surface area contributed by atoms with Crippen LogP contribution in [0.1, 0.15) is 24.5 Å². The molecule has 1 aliphatic rings. The summed E-state index contributed by atoms with van der Waals surface area (Å²) in [6, 6.07) is 7.41. The van der Waals surface area contributed by atoms with Gasteiger partial charge >= 0.3 is 0 Å². The number of rotatable bonds is 6. The fraction of sp³-hybridized carbons (Fsp3) is 0.562. The zero-order valence-electron chi connectivity index (χ0n) is 14.2. The van der Waals surface area contributed by atoms with Crippen molar-refractivity contribution in [2.45, 2.75) is 44.0 Å². The minimum absolute atomic E-state index is 0.356. The van der Waals surface area contributed by atoms with E-state index < -0.39 is 37.3 Å². The van der Waals surface area contributed by atoms with E-state index in [4.69, 9.17) is 9.47 Å². The molecule has 142 valence electrons. The van der Waals surface area contributed by atoms with Crippen LogP contribution in [0.3, 0.4) is 0 Å². The molecule has 26 heavy (non-hydrogen) atoms. The molecule has 1 aromatic heterocycles. The van der Waals surface area contributed by atoms with Crippen molar-refractivity contribution < 1.29 is 29.9 Å². The largest absolute Gasteiger partial charge is 0.494 e. The van der Waals surface area contributed by atoms with Crippen LogP contribution in [0, 0.1) is 0 Å². The molecule has 0 radical (unpaired) electrons. The summed E-state index contributed by atoms with van der Waals surface area (Å²) in [6.07, 6.45) is -6.17. The molecule has 1 aromatic carbocycles. The number of aliphatic hydroxyl groups excluding tert-OH is 4. The van der Waals surface area contributed by atoms with Crippen LogP contribution in [-0.4, -0.2) is 78.3 Å². The van der Waals surface area contributed by atoms with Gasteiger partial charge in [0.05, 0.1) is 13.2 Å². The van der Waals surface area contributed by atoms with Gasteiger partial charge in [0.1, 0.15) is 30.2 Å². The molecule has 0 spiro atoms. The lowest BCUT2D eigenvalue weighted by Crippen LogP contribution is -2.56. The van der Waals surface area contributed by atoms with Crippen molar-refractivity contribution >= 4 is 0 Å².